The van der Waals surface area contributed by atoms with Crippen LogP contribution in [0.15, 0.2) is 24.3 Å². The number of carbonyl (C=O) groups excluding carboxylic acids is 1. The van der Waals surface area contributed by atoms with Crippen LogP contribution in [-0.4, -0.2) is 23.2 Å². The summed E-state index contributed by atoms with van der Waals surface area (Å²) in [6.07, 6.45) is 5.34. The van der Waals surface area contributed by atoms with Crippen molar-refractivity contribution < 1.29 is 9.90 Å². The van der Waals surface area contributed by atoms with E-state index in [-0.39, 0.29) is 18.1 Å². The van der Waals surface area contributed by atoms with Crippen LogP contribution in [0.4, 0.5) is 0 Å². The van der Waals surface area contributed by atoms with Gasteiger partial charge in [-0.1, -0.05) is 26.0 Å². The van der Waals surface area contributed by atoms with E-state index in [1.54, 1.807) is 0 Å². The SMILES string of the molecule is CCC(CC)c1cccc(C(=O)NC2CCC(O)CC2)c1. The molecule has 0 aromatic heterocycles. The summed E-state index contributed by atoms with van der Waals surface area (Å²) < 4.78 is 0. The first-order chi connectivity index (χ1) is 10.1. The molecule has 0 radical (unpaired) electrons. The molecule has 1 aromatic carbocycles. The van der Waals surface area contributed by atoms with Crippen LogP contribution in [-0.2, 0) is 0 Å². The molecule has 1 saturated carbocycles. The van der Waals surface area contributed by atoms with Crippen molar-refractivity contribution in [3.8, 4) is 0 Å². The summed E-state index contributed by atoms with van der Waals surface area (Å²) in [4.78, 5) is 12.4. The lowest BCUT2D eigenvalue weighted by Gasteiger charge is -2.26. The molecule has 1 fully saturated rings. The molecule has 1 aromatic rings. The van der Waals surface area contributed by atoms with Gasteiger partial charge in [0.25, 0.3) is 5.91 Å². The lowest BCUT2D eigenvalue weighted by molar-refractivity contribution is 0.0867. The third-order valence-corrected chi connectivity index (χ3v) is 4.64. The van der Waals surface area contributed by atoms with Crippen LogP contribution in [0.5, 0.6) is 0 Å². The highest BCUT2D eigenvalue weighted by molar-refractivity contribution is 5.94. The molecule has 0 bridgehead atoms. The number of hydrogen-bond donors (Lipinski definition) is 2. The first-order valence-electron chi connectivity index (χ1n) is 8.22. The Kier molecular flexibility index (Phi) is 5.80. The third-order valence-electron chi connectivity index (χ3n) is 4.64. The second kappa shape index (κ2) is 7.60. The van der Waals surface area contributed by atoms with E-state index in [1.165, 1.54) is 5.56 Å². The molecule has 2 rings (SSSR count). The normalized spacial score (nSPS) is 22.3. The van der Waals surface area contributed by atoms with Gasteiger partial charge in [0.15, 0.2) is 0 Å². The van der Waals surface area contributed by atoms with E-state index >= 15 is 0 Å². The molecule has 21 heavy (non-hydrogen) atoms. The van der Waals surface area contributed by atoms with Crippen LogP contribution in [0.1, 0.15) is 74.2 Å². The minimum absolute atomic E-state index is 0.0178. The second-order valence-electron chi connectivity index (χ2n) is 6.12. The van der Waals surface area contributed by atoms with Crippen molar-refractivity contribution >= 4 is 5.91 Å². The fourth-order valence-electron chi connectivity index (χ4n) is 3.18. The van der Waals surface area contributed by atoms with Gasteiger partial charge in [0, 0.05) is 11.6 Å². The molecule has 1 aliphatic rings. The minimum atomic E-state index is -0.184. The molecule has 3 heteroatoms. The zero-order valence-corrected chi connectivity index (χ0v) is 13.1. The monoisotopic (exact) mass is 289 g/mol. The number of aliphatic hydroxyl groups is 1. The van der Waals surface area contributed by atoms with Gasteiger partial charge in [-0.05, 0) is 62.1 Å². The average Bonchev–Trinajstić information content (AvgIpc) is 2.51. The first kappa shape index (κ1) is 16.0. The van der Waals surface area contributed by atoms with Gasteiger partial charge in [-0.2, -0.15) is 0 Å². The third kappa shape index (κ3) is 4.31. The predicted molar refractivity (Wildman–Crippen MR) is 85.5 cm³/mol. The van der Waals surface area contributed by atoms with Crippen LogP contribution < -0.4 is 5.32 Å². The van der Waals surface area contributed by atoms with Gasteiger partial charge in [-0.3, -0.25) is 4.79 Å². The molecule has 0 saturated heterocycles. The molecule has 0 aliphatic heterocycles. The molecule has 0 spiro atoms. The summed E-state index contributed by atoms with van der Waals surface area (Å²) in [5.74, 6) is 0.548. The molecule has 1 amide bonds. The highest BCUT2D eigenvalue weighted by Crippen LogP contribution is 2.24. The molecule has 3 nitrogen and oxygen atoms in total. The molecule has 0 heterocycles. The number of aliphatic hydroxyl groups excluding tert-OH is 1. The highest BCUT2D eigenvalue weighted by atomic mass is 16.3. The Morgan fingerprint density at radius 1 is 1.24 bits per heavy atom. The van der Waals surface area contributed by atoms with Crippen molar-refractivity contribution in [1.29, 1.82) is 0 Å². The topological polar surface area (TPSA) is 49.3 Å². The lowest BCUT2D eigenvalue weighted by atomic mass is 9.91. The van der Waals surface area contributed by atoms with Gasteiger partial charge in [0.1, 0.15) is 0 Å². The number of carbonyl (C=O) groups is 1. The van der Waals surface area contributed by atoms with E-state index in [0.717, 1.165) is 44.1 Å². The summed E-state index contributed by atoms with van der Waals surface area (Å²) in [7, 11) is 0. The molecule has 0 unspecified atom stereocenters. The van der Waals surface area contributed by atoms with Gasteiger partial charge >= 0.3 is 0 Å². The Morgan fingerprint density at radius 2 is 1.90 bits per heavy atom. The fraction of sp³-hybridized carbons (Fsp3) is 0.611. The minimum Gasteiger partial charge on any atom is -0.393 e. The Balaban J connectivity index is 2.00. The van der Waals surface area contributed by atoms with E-state index in [9.17, 15) is 9.90 Å². The van der Waals surface area contributed by atoms with Gasteiger partial charge in [0.2, 0.25) is 0 Å². The Labute approximate surface area is 127 Å². The summed E-state index contributed by atoms with van der Waals surface area (Å²) in [5.41, 5.74) is 2.01. The summed E-state index contributed by atoms with van der Waals surface area (Å²) in [6.45, 7) is 4.38. The van der Waals surface area contributed by atoms with Crippen LogP contribution >= 0.6 is 0 Å². The maximum absolute atomic E-state index is 12.4. The van der Waals surface area contributed by atoms with Crippen LogP contribution in [0, 0.1) is 0 Å². The van der Waals surface area contributed by atoms with Crippen molar-refractivity contribution in [2.24, 2.45) is 0 Å². The Morgan fingerprint density at radius 3 is 2.52 bits per heavy atom. The Bertz CT molecular complexity index is 460. The average molecular weight is 289 g/mol. The largest absolute Gasteiger partial charge is 0.393 e. The summed E-state index contributed by atoms with van der Waals surface area (Å²) in [6, 6.07) is 8.22. The van der Waals surface area contributed by atoms with E-state index in [4.69, 9.17) is 0 Å². The number of benzene rings is 1. The van der Waals surface area contributed by atoms with Gasteiger partial charge in [0.05, 0.1) is 6.10 Å². The standard InChI is InChI=1S/C18H27NO2/c1-3-13(4-2)14-6-5-7-15(12-14)18(21)19-16-8-10-17(20)11-9-16/h5-7,12-13,16-17,20H,3-4,8-11H2,1-2H3,(H,19,21). The Hall–Kier alpha value is -1.35. The van der Waals surface area contributed by atoms with Gasteiger partial charge in [-0.25, -0.2) is 0 Å². The van der Waals surface area contributed by atoms with Gasteiger partial charge < -0.3 is 10.4 Å². The van der Waals surface area contributed by atoms with E-state index < -0.39 is 0 Å². The number of hydrogen-bond acceptors (Lipinski definition) is 2. The maximum Gasteiger partial charge on any atom is 0.251 e. The van der Waals surface area contributed by atoms with Crippen molar-refractivity contribution in [3.63, 3.8) is 0 Å². The van der Waals surface area contributed by atoms with Crippen molar-refractivity contribution in [2.75, 3.05) is 0 Å². The zero-order chi connectivity index (χ0) is 15.2. The fourth-order valence-corrected chi connectivity index (χ4v) is 3.18. The molecule has 2 N–H and O–H groups in total. The van der Waals surface area contributed by atoms with Crippen LogP contribution in [0.3, 0.4) is 0 Å². The molecule has 1 aliphatic carbocycles. The maximum atomic E-state index is 12.4. The molecule has 0 atom stereocenters. The first-order valence-corrected chi connectivity index (χ1v) is 8.22. The number of nitrogens with one attached hydrogen (secondary N) is 1. The van der Waals surface area contributed by atoms with Gasteiger partial charge in [-0.15, -0.1) is 0 Å². The second-order valence-corrected chi connectivity index (χ2v) is 6.12. The van der Waals surface area contributed by atoms with Crippen LogP contribution in [0.25, 0.3) is 0 Å². The molecular formula is C18H27NO2. The summed E-state index contributed by atoms with van der Waals surface area (Å²) in [5, 5.41) is 12.6. The number of amides is 1. The molecular weight excluding hydrogens is 262 g/mol. The van der Waals surface area contributed by atoms with E-state index in [2.05, 4.69) is 25.2 Å². The molecule has 116 valence electrons. The predicted octanol–water partition coefficient (Wildman–Crippen LogP) is 3.62. The highest BCUT2D eigenvalue weighted by Gasteiger charge is 2.21. The summed E-state index contributed by atoms with van der Waals surface area (Å²) >= 11 is 0. The van der Waals surface area contributed by atoms with Crippen molar-refractivity contribution in [1.82, 2.24) is 5.32 Å². The van der Waals surface area contributed by atoms with E-state index in [0.29, 0.717) is 5.92 Å². The zero-order valence-electron chi connectivity index (χ0n) is 13.1. The lowest BCUT2D eigenvalue weighted by Crippen LogP contribution is -2.38. The van der Waals surface area contributed by atoms with Crippen molar-refractivity contribution in [2.45, 2.75) is 70.4 Å². The van der Waals surface area contributed by atoms with Crippen molar-refractivity contribution in [3.05, 3.63) is 35.4 Å². The smallest absolute Gasteiger partial charge is 0.251 e. The number of rotatable bonds is 5. The van der Waals surface area contributed by atoms with Crippen LogP contribution in [0.2, 0.25) is 0 Å². The quantitative estimate of drug-likeness (QED) is 0.869. The van der Waals surface area contributed by atoms with E-state index in [1.807, 2.05) is 18.2 Å².